The zero-order valence-electron chi connectivity index (χ0n) is 13.1. The smallest absolute Gasteiger partial charge is 0.330 e. The molecule has 0 unspecified atom stereocenters. The van der Waals surface area contributed by atoms with E-state index >= 15 is 0 Å². The Bertz CT molecular complexity index is 1010. The third-order valence-electron chi connectivity index (χ3n) is 3.35. The number of nitrogens with one attached hydrogen (secondary N) is 1. The Hall–Kier alpha value is -2.26. The molecule has 0 amide bonds. The Morgan fingerprint density at radius 1 is 1.17 bits per heavy atom. The Kier molecular flexibility index (Phi) is 4.14. The Balaban J connectivity index is 1.88. The first kappa shape index (κ1) is 16.6. The van der Waals surface area contributed by atoms with E-state index < -0.39 is 15.8 Å². The van der Waals surface area contributed by atoms with E-state index in [0.717, 1.165) is 4.88 Å². The molecule has 1 N–H and O–H groups in total. The number of aryl methyl sites for hydroxylation is 3. The number of rotatable bonds is 4. The number of aromatic nitrogens is 2. The van der Waals surface area contributed by atoms with E-state index in [2.05, 4.69) is 14.9 Å². The summed E-state index contributed by atoms with van der Waals surface area (Å²) in [5.74, 6) is -0.373. The molecule has 0 atom stereocenters. The summed E-state index contributed by atoms with van der Waals surface area (Å²) in [5, 5.41) is 7.42. The number of halogens is 1. The van der Waals surface area contributed by atoms with Gasteiger partial charge in [0.25, 0.3) is 10.0 Å². The van der Waals surface area contributed by atoms with Crippen molar-refractivity contribution < 1.29 is 17.2 Å². The highest BCUT2D eigenvalue weighted by Gasteiger charge is 2.22. The van der Waals surface area contributed by atoms with Crippen LogP contribution in [0.25, 0.3) is 11.5 Å². The van der Waals surface area contributed by atoms with Crippen molar-refractivity contribution in [1.82, 2.24) is 10.2 Å². The van der Waals surface area contributed by atoms with Gasteiger partial charge in [-0.2, -0.15) is 0 Å². The number of thiophene rings is 1. The van der Waals surface area contributed by atoms with Gasteiger partial charge in [0.1, 0.15) is 10.7 Å². The van der Waals surface area contributed by atoms with E-state index in [-0.39, 0.29) is 16.8 Å². The van der Waals surface area contributed by atoms with Crippen molar-refractivity contribution in [1.29, 1.82) is 0 Å². The summed E-state index contributed by atoms with van der Waals surface area (Å²) in [6, 6.07) is 5.77. The summed E-state index contributed by atoms with van der Waals surface area (Å²) in [7, 11) is -3.82. The number of hydrogen-bond donors (Lipinski definition) is 1. The van der Waals surface area contributed by atoms with Gasteiger partial charge in [-0.15, -0.1) is 16.4 Å². The van der Waals surface area contributed by atoms with Gasteiger partial charge >= 0.3 is 6.01 Å². The third kappa shape index (κ3) is 3.17. The quantitative estimate of drug-likeness (QED) is 0.760. The molecule has 3 rings (SSSR count). The lowest BCUT2D eigenvalue weighted by Crippen LogP contribution is -2.13. The number of sulfonamides is 1. The van der Waals surface area contributed by atoms with E-state index in [1.54, 1.807) is 32.0 Å². The highest BCUT2D eigenvalue weighted by Crippen LogP contribution is 2.27. The lowest BCUT2D eigenvalue weighted by atomic mass is 10.1. The van der Waals surface area contributed by atoms with Crippen molar-refractivity contribution >= 4 is 27.4 Å². The number of anilines is 1. The summed E-state index contributed by atoms with van der Waals surface area (Å²) < 4.78 is 45.9. The van der Waals surface area contributed by atoms with Crippen LogP contribution in [0.5, 0.6) is 0 Å². The van der Waals surface area contributed by atoms with Gasteiger partial charge in [0.05, 0.1) is 0 Å². The van der Waals surface area contributed by atoms with Gasteiger partial charge in [0, 0.05) is 15.3 Å². The minimum absolute atomic E-state index is 0.0322. The summed E-state index contributed by atoms with van der Waals surface area (Å²) >= 11 is 1.38. The van der Waals surface area contributed by atoms with Crippen LogP contribution in [-0.2, 0) is 10.0 Å². The van der Waals surface area contributed by atoms with Crippen LogP contribution in [0.15, 0.2) is 33.6 Å². The molecule has 0 radical (unpaired) electrons. The van der Waals surface area contributed by atoms with Crippen molar-refractivity contribution in [3.05, 3.63) is 45.4 Å². The Morgan fingerprint density at radius 3 is 2.54 bits per heavy atom. The average molecular weight is 367 g/mol. The first-order valence-electron chi connectivity index (χ1n) is 6.96. The average Bonchev–Trinajstić information content (AvgIpc) is 3.08. The van der Waals surface area contributed by atoms with Gasteiger partial charge in [-0.25, -0.2) is 17.5 Å². The van der Waals surface area contributed by atoms with Crippen LogP contribution in [0, 0.1) is 26.6 Å². The fourth-order valence-electron chi connectivity index (χ4n) is 2.15. The lowest BCUT2D eigenvalue weighted by molar-refractivity contribution is 0.575. The summed E-state index contributed by atoms with van der Waals surface area (Å²) in [4.78, 5) is 1.72. The topological polar surface area (TPSA) is 85.1 Å². The summed E-state index contributed by atoms with van der Waals surface area (Å²) in [6.45, 7) is 5.19. The monoisotopic (exact) mass is 367 g/mol. The minimum Gasteiger partial charge on any atom is -0.403 e. The molecule has 0 aliphatic carbocycles. The Labute approximate surface area is 142 Å². The zero-order chi connectivity index (χ0) is 17.5. The van der Waals surface area contributed by atoms with Crippen molar-refractivity contribution in [2.24, 2.45) is 0 Å². The van der Waals surface area contributed by atoms with Crippen LogP contribution >= 0.6 is 11.3 Å². The molecule has 0 spiro atoms. The molecule has 9 heteroatoms. The molecular weight excluding hydrogens is 353 g/mol. The molecule has 24 heavy (non-hydrogen) atoms. The molecule has 2 aromatic heterocycles. The van der Waals surface area contributed by atoms with E-state index in [1.165, 1.54) is 17.4 Å². The normalized spacial score (nSPS) is 11.7. The van der Waals surface area contributed by atoms with Gasteiger partial charge in [0.2, 0.25) is 5.89 Å². The minimum atomic E-state index is -3.82. The number of nitrogens with zero attached hydrogens (tertiary/aromatic N) is 2. The van der Waals surface area contributed by atoms with Crippen molar-refractivity contribution in [3.63, 3.8) is 0 Å². The van der Waals surface area contributed by atoms with E-state index in [9.17, 15) is 12.8 Å². The molecule has 126 valence electrons. The van der Waals surface area contributed by atoms with Crippen LogP contribution in [-0.4, -0.2) is 18.6 Å². The molecule has 0 fully saturated rings. The highest BCUT2D eigenvalue weighted by molar-refractivity contribution is 7.92. The predicted octanol–water partition coefficient (Wildman–Crippen LogP) is 3.66. The maximum absolute atomic E-state index is 13.6. The maximum Gasteiger partial charge on any atom is 0.330 e. The van der Waals surface area contributed by atoms with Crippen molar-refractivity contribution in [3.8, 4) is 11.5 Å². The second kappa shape index (κ2) is 5.99. The van der Waals surface area contributed by atoms with Gasteiger partial charge in [-0.1, -0.05) is 11.2 Å². The third-order valence-corrected chi connectivity index (χ3v) is 5.89. The van der Waals surface area contributed by atoms with E-state index in [1.807, 2.05) is 6.92 Å². The molecule has 3 aromatic rings. The fourth-order valence-corrected chi connectivity index (χ4v) is 4.63. The molecule has 1 aromatic carbocycles. The second-order valence-corrected chi connectivity index (χ2v) is 8.37. The maximum atomic E-state index is 13.6. The number of benzene rings is 1. The molecule has 2 heterocycles. The van der Waals surface area contributed by atoms with Crippen LogP contribution in [0.4, 0.5) is 10.4 Å². The predicted molar refractivity (Wildman–Crippen MR) is 89.0 cm³/mol. The molecule has 0 aliphatic rings. The van der Waals surface area contributed by atoms with Gasteiger partial charge in [-0.3, -0.25) is 0 Å². The summed E-state index contributed by atoms with van der Waals surface area (Å²) in [6.07, 6.45) is 0. The molecule has 0 saturated carbocycles. The van der Waals surface area contributed by atoms with E-state index in [4.69, 9.17) is 4.42 Å². The largest absolute Gasteiger partial charge is 0.403 e. The molecule has 6 nitrogen and oxygen atoms in total. The van der Waals surface area contributed by atoms with Crippen molar-refractivity contribution in [2.45, 2.75) is 25.7 Å². The van der Waals surface area contributed by atoms with E-state index in [0.29, 0.717) is 16.0 Å². The molecule has 0 saturated heterocycles. The van der Waals surface area contributed by atoms with Gasteiger partial charge < -0.3 is 4.42 Å². The van der Waals surface area contributed by atoms with Crippen LogP contribution in [0.3, 0.4) is 0 Å². The first-order chi connectivity index (χ1) is 11.3. The first-order valence-corrected chi connectivity index (χ1v) is 9.26. The van der Waals surface area contributed by atoms with Crippen molar-refractivity contribution in [2.75, 3.05) is 4.72 Å². The van der Waals surface area contributed by atoms with Crippen LogP contribution in [0.2, 0.25) is 0 Å². The second-order valence-electron chi connectivity index (χ2n) is 5.26. The zero-order valence-corrected chi connectivity index (χ0v) is 14.8. The fraction of sp³-hybridized carbons (Fsp3) is 0.200. The van der Waals surface area contributed by atoms with Gasteiger partial charge in [-0.05, 0) is 44.5 Å². The standard InChI is InChI=1S/C15H14FN3O3S2/c1-8-4-5-11(7-12(8)16)14-17-18-15(22-14)19-24(20,21)13-6-9(2)23-10(13)3/h4-7H,1-3H3,(H,18,19). The summed E-state index contributed by atoms with van der Waals surface area (Å²) in [5.41, 5.74) is 0.862. The molecular formula is C15H14FN3O3S2. The lowest BCUT2D eigenvalue weighted by Gasteiger charge is -2.02. The van der Waals surface area contributed by atoms with Crippen LogP contribution in [0.1, 0.15) is 15.3 Å². The van der Waals surface area contributed by atoms with Crippen LogP contribution < -0.4 is 4.72 Å². The number of hydrogen-bond acceptors (Lipinski definition) is 6. The Morgan fingerprint density at radius 2 is 1.92 bits per heavy atom. The molecule has 0 bridgehead atoms. The highest BCUT2D eigenvalue weighted by atomic mass is 32.2. The molecule has 0 aliphatic heterocycles. The van der Waals surface area contributed by atoms with Gasteiger partial charge in [0.15, 0.2) is 0 Å². The SMILES string of the molecule is Cc1cc(S(=O)(=O)Nc2nnc(-c3ccc(C)c(F)c3)o2)c(C)s1.